The van der Waals surface area contributed by atoms with Gasteiger partial charge < -0.3 is 4.74 Å². The average molecular weight is 298 g/mol. The number of hydrogen-bond donors (Lipinski definition) is 0. The highest BCUT2D eigenvalue weighted by molar-refractivity contribution is 6.07. The molecule has 0 amide bonds. The summed E-state index contributed by atoms with van der Waals surface area (Å²) in [5.74, 6) is 0.951. The predicted octanol–water partition coefficient (Wildman–Crippen LogP) is 6.19. The van der Waals surface area contributed by atoms with Gasteiger partial charge in [-0.25, -0.2) is 0 Å². The molecule has 0 aliphatic rings. The third-order valence-electron chi connectivity index (χ3n) is 4.35. The molecule has 0 aliphatic carbocycles. The third-order valence-corrected chi connectivity index (χ3v) is 4.35. The van der Waals surface area contributed by atoms with E-state index in [0.29, 0.717) is 6.61 Å². The molecule has 0 aromatic heterocycles. The van der Waals surface area contributed by atoms with Crippen molar-refractivity contribution in [1.29, 1.82) is 0 Å². The monoisotopic (exact) mass is 298 g/mol. The molecule has 0 saturated heterocycles. The molecule has 0 radical (unpaired) electrons. The van der Waals surface area contributed by atoms with Gasteiger partial charge >= 0.3 is 0 Å². The minimum Gasteiger partial charge on any atom is -0.493 e. The molecule has 0 saturated carbocycles. The highest BCUT2D eigenvalue weighted by Crippen LogP contribution is 2.33. The highest BCUT2D eigenvalue weighted by atomic mass is 16.5. The maximum atomic E-state index is 5.78. The molecule has 0 fully saturated rings. The second-order valence-electron chi connectivity index (χ2n) is 5.73. The number of fused-ring (bicyclic) bond motifs is 3. The Labute approximate surface area is 135 Å². The second-order valence-corrected chi connectivity index (χ2v) is 5.73. The Morgan fingerprint density at radius 2 is 1.48 bits per heavy atom. The van der Waals surface area contributed by atoms with Crippen molar-refractivity contribution in [3.8, 4) is 5.75 Å². The molecule has 0 bridgehead atoms. The average Bonchev–Trinajstić information content (AvgIpc) is 2.58. The van der Waals surface area contributed by atoms with Crippen LogP contribution in [0.1, 0.15) is 12.5 Å². The Kier molecular flexibility index (Phi) is 3.27. The van der Waals surface area contributed by atoms with Gasteiger partial charge in [-0.2, -0.15) is 0 Å². The zero-order valence-corrected chi connectivity index (χ0v) is 13.2. The molecule has 4 aromatic rings. The fourth-order valence-corrected chi connectivity index (χ4v) is 3.26. The van der Waals surface area contributed by atoms with Crippen molar-refractivity contribution in [2.45, 2.75) is 6.92 Å². The summed E-state index contributed by atoms with van der Waals surface area (Å²) < 4.78 is 5.78. The van der Waals surface area contributed by atoms with Gasteiger partial charge in [0.2, 0.25) is 0 Å². The fourth-order valence-electron chi connectivity index (χ4n) is 3.26. The summed E-state index contributed by atoms with van der Waals surface area (Å²) in [5, 5.41) is 7.34. The van der Waals surface area contributed by atoms with E-state index in [1.165, 1.54) is 37.9 Å². The van der Waals surface area contributed by atoms with Crippen LogP contribution in [0.3, 0.4) is 0 Å². The van der Waals surface area contributed by atoms with Crippen LogP contribution in [0.15, 0.2) is 67.2 Å². The van der Waals surface area contributed by atoms with Gasteiger partial charge in [0.1, 0.15) is 5.75 Å². The van der Waals surface area contributed by atoms with Crippen molar-refractivity contribution in [2.24, 2.45) is 0 Å². The van der Waals surface area contributed by atoms with Crippen molar-refractivity contribution in [2.75, 3.05) is 6.61 Å². The lowest BCUT2D eigenvalue weighted by Crippen LogP contribution is -1.92. The van der Waals surface area contributed by atoms with Gasteiger partial charge in [-0.1, -0.05) is 43.0 Å². The molecule has 4 rings (SSSR count). The topological polar surface area (TPSA) is 9.23 Å². The van der Waals surface area contributed by atoms with E-state index >= 15 is 0 Å². The van der Waals surface area contributed by atoms with E-state index in [2.05, 4.69) is 61.2 Å². The first-order valence-corrected chi connectivity index (χ1v) is 7.94. The Bertz CT molecular complexity index is 1040. The summed E-state index contributed by atoms with van der Waals surface area (Å²) in [7, 11) is 0. The lowest BCUT2D eigenvalue weighted by Gasteiger charge is -2.10. The molecule has 23 heavy (non-hydrogen) atoms. The van der Waals surface area contributed by atoms with Gasteiger partial charge in [-0.3, -0.25) is 0 Å². The molecular formula is C22H18O. The maximum Gasteiger partial charge on any atom is 0.127 e. The molecule has 1 heteroatoms. The first kappa shape index (κ1) is 13.8. The van der Waals surface area contributed by atoms with E-state index in [4.69, 9.17) is 4.74 Å². The Morgan fingerprint density at radius 1 is 0.826 bits per heavy atom. The summed E-state index contributed by atoms with van der Waals surface area (Å²) in [4.78, 5) is 0. The predicted molar refractivity (Wildman–Crippen MR) is 100 cm³/mol. The van der Waals surface area contributed by atoms with E-state index in [1.54, 1.807) is 0 Å². The van der Waals surface area contributed by atoms with Gasteiger partial charge in [-0.05, 0) is 69.8 Å². The van der Waals surface area contributed by atoms with Crippen LogP contribution in [-0.2, 0) is 0 Å². The molecule has 0 spiro atoms. The number of rotatable bonds is 3. The molecule has 0 aliphatic heterocycles. The summed E-state index contributed by atoms with van der Waals surface area (Å²) in [5.41, 5.74) is 1.17. The lowest BCUT2D eigenvalue weighted by molar-refractivity contribution is 0.344. The van der Waals surface area contributed by atoms with Crippen molar-refractivity contribution in [1.82, 2.24) is 0 Å². The van der Waals surface area contributed by atoms with Gasteiger partial charge in [0.15, 0.2) is 0 Å². The minimum absolute atomic E-state index is 0.678. The first-order chi connectivity index (χ1) is 11.3. The molecule has 112 valence electrons. The zero-order chi connectivity index (χ0) is 15.8. The van der Waals surface area contributed by atoms with E-state index < -0.39 is 0 Å². The van der Waals surface area contributed by atoms with Crippen molar-refractivity contribution in [3.63, 3.8) is 0 Å². The van der Waals surface area contributed by atoms with E-state index in [0.717, 1.165) is 5.75 Å². The quantitative estimate of drug-likeness (QED) is 0.410. The summed E-state index contributed by atoms with van der Waals surface area (Å²) in [6, 6.07) is 21.6. The Morgan fingerprint density at radius 3 is 2.17 bits per heavy atom. The zero-order valence-electron chi connectivity index (χ0n) is 13.2. The summed E-state index contributed by atoms with van der Waals surface area (Å²) in [6.45, 7) is 6.62. The maximum absolute atomic E-state index is 5.78. The number of ether oxygens (including phenoxy) is 1. The Hall–Kier alpha value is -2.80. The normalized spacial score (nSPS) is 11.2. The molecule has 0 heterocycles. The fraction of sp³-hybridized carbons (Fsp3) is 0.0909. The molecule has 0 atom stereocenters. The number of hydrogen-bond acceptors (Lipinski definition) is 1. The van der Waals surface area contributed by atoms with Crippen LogP contribution < -0.4 is 4.74 Å². The molecular weight excluding hydrogens is 280 g/mol. The molecule has 4 aromatic carbocycles. The van der Waals surface area contributed by atoms with Gasteiger partial charge in [0.25, 0.3) is 0 Å². The summed E-state index contributed by atoms with van der Waals surface area (Å²) >= 11 is 0. The van der Waals surface area contributed by atoms with Crippen LogP contribution in [0.5, 0.6) is 5.75 Å². The van der Waals surface area contributed by atoms with Crippen molar-refractivity contribution in [3.05, 3.63) is 72.8 Å². The van der Waals surface area contributed by atoms with Gasteiger partial charge in [0, 0.05) is 5.39 Å². The lowest BCUT2D eigenvalue weighted by atomic mass is 9.97. The third kappa shape index (κ3) is 2.25. The van der Waals surface area contributed by atoms with E-state index in [9.17, 15) is 0 Å². The van der Waals surface area contributed by atoms with Crippen LogP contribution in [0.2, 0.25) is 0 Å². The summed E-state index contributed by atoms with van der Waals surface area (Å²) in [6.07, 6.45) is 1.92. The first-order valence-electron chi connectivity index (χ1n) is 7.94. The Balaban J connectivity index is 2.08. The minimum atomic E-state index is 0.678. The molecule has 0 unspecified atom stereocenters. The molecule has 1 nitrogen and oxygen atoms in total. The van der Waals surface area contributed by atoms with Crippen LogP contribution >= 0.6 is 0 Å². The van der Waals surface area contributed by atoms with Crippen LogP contribution in [0, 0.1) is 0 Å². The van der Waals surface area contributed by atoms with Gasteiger partial charge in [-0.15, -0.1) is 0 Å². The van der Waals surface area contributed by atoms with E-state index in [-0.39, 0.29) is 0 Å². The standard InChI is InChI=1S/C22H18O/c1-3-15-7-5-8-16-11-19-14-21-17(12-18(19)13-20(15)16)9-6-10-22(21)23-4-2/h3,5-14H,1,4H2,2H3. The molecule has 0 N–H and O–H groups in total. The largest absolute Gasteiger partial charge is 0.493 e. The van der Waals surface area contributed by atoms with Gasteiger partial charge in [0.05, 0.1) is 6.61 Å². The van der Waals surface area contributed by atoms with Crippen molar-refractivity contribution >= 4 is 38.4 Å². The highest BCUT2D eigenvalue weighted by Gasteiger charge is 2.06. The van der Waals surface area contributed by atoms with Crippen LogP contribution in [0.4, 0.5) is 0 Å². The smallest absolute Gasteiger partial charge is 0.127 e. The van der Waals surface area contributed by atoms with Crippen LogP contribution in [0.25, 0.3) is 38.4 Å². The van der Waals surface area contributed by atoms with Crippen LogP contribution in [-0.4, -0.2) is 6.61 Å². The SMILES string of the molecule is C=Cc1cccc2cc3cc4c(OCC)cccc4cc3cc12. The van der Waals surface area contributed by atoms with Crippen molar-refractivity contribution < 1.29 is 4.74 Å². The van der Waals surface area contributed by atoms with E-state index in [1.807, 2.05) is 19.1 Å². The number of benzene rings is 4. The second kappa shape index (κ2) is 5.44.